The molecule has 1 aromatic rings. The van der Waals surface area contributed by atoms with Gasteiger partial charge in [-0.05, 0) is 29.5 Å². The fourth-order valence-corrected chi connectivity index (χ4v) is 1.97. The summed E-state index contributed by atoms with van der Waals surface area (Å²) in [6, 6.07) is 5.88. The molecule has 0 aliphatic heterocycles. The van der Waals surface area contributed by atoms with Crippen LogP contribution in [0.15, 0.2) is 18.2 Å². The molecule has 20 heavy (non-hydrogen) atoms. The first kappa shape index (κ1) is 16.5. The van der Waals surface area contributed by atoms with Crippen LogP contribution in [-0.4, -0.2) is 19.6 Å². The molecule has 0 heterocycles. The van der Waals surface area contributed by atoms with Gasteiger partial charge in [0.2, 0.25) is 5.91 Å². The molecule has 0 radical (unpaired) electrons. The molecule has 1 rings (SSSR count). The molecule has 4 heteroatoms. The number of carbonyl (C=O) groups is 1. The Kier molecular flexibility index (Phi) is 5.57. The number of methoxy groups -OCH3 is 1. The molecular formula is C16H26N2O2. The van der Waals surface area contributed by atoms with Crippen molar-refractivity contribution in [1.82, 2.24) is 0 Å². The van der Waals surface area contributed by atoms with E-state index in [-0.39, 0.29) is 17.2 Å². The van der Waals surface area contributed by atoms with E-state index in [1.807, 2.05) is 25.1 Å². The molecule has 0 spiro atoms. The molecule has 0 bridgehead atoms. The first-order valence-corrected chi connectivity index (χ1v) is 7.03. The maximum Gasteiger partial charge on any atom is 0.228 e. The summed E-state index contributed by atoms with van der Waals surface area (Å²) < 4.78 is 5.31. The number of rotatable bonds is 5. The predicted molar refractivity (Wildman–Crippen MR) is 83.2 cm³/mol. The standard InChI is InChI=1S/C16H26N2O2/c1-6-11(10-17)15(19)18-13-9-12(16(2,3)4)7-8-14(13)20-5/h7-9,11H,6,10,17H2,1-5H3,(H,18,19). The summed E-state index contributed by atoms with van der Waals surface area (Å²) in [5, 5.41) is 2.93. The molecule has 3 N–H and O–H groups in total. The number of anilines is 1. The lowest BCUT2D eigenvalue weighted by Crippen LogP contribution is -2.29. The van der Waals surface area contributed by atoms with Crippen molar-refractivity contribution in [2.24, 2.45) is 11.7 Å². The van der Waals surface area contributed by atoms with Crippen LogP contribution >= 0.6 is 0 Å². The van der Waals surface area contributed by atoms with Crippen molar-refractivity contribution < 1.29 is 9.53 Å². The van der Waals surface area contributed by atoms with E-state index in [4.69, 9.17) is 10.5 Å². The van der Waals surface area contributed by atoms with E-state index in [9.17, 15) is 4.79 Å². The van der Waals surface area contributed by atoms with Gasteiger partial charge in [0.1, 0.15) is 5.75 Å². The summed E-state index contributed by atoms with van der Waals surface area (Å²) in [7, 11) is 1.60. The number of amides is 1. The minimum absolute atomic E-state index is 0.0176. The Morgan fingerprint density at radius 2 is 2.05 bits per heavy atom. The number of ether oxygens (including phenoxy) is 1. The summed E-state index contributed by atoms with van der Waals surface area (Å²) in [6.45, 7) is 8.71. The molecule has 4 nitrogen and oxygen atoms in total. The fraction of sp³-hybridized carbons (Fsp3) is 0.562. The van der Waals surface area contributed by atoms with E-state index in [1.165, 1.54) is 0 Å². The Hall–Kier alpha value is -1.55. The van der Waals surface area contributed by atoms with E-state index < -0.39 is 0 Å². The molecule has 0 aliphatic rings. The Bertz CT molecular complexity index is 460. The van der Waals surface area contributed by atoms with Crippen molar-refractivity contribution in [3.05, 3.63) is 23.8 Å². The number of nitrogens with two attached hydrogens (primary N) is 1. The van der Waals surface area contributed by atoms with Crippen LogP contribution in [0, 0.1) is 5.92 Å². The van der Waals surface area contributed by atoms with Crippen LogP contribution in [0.4, 0.5) is 5.69 Å². The largest absolute Gasteiger partial charge is 0.495 e. The van der Waals surface area contributed by atoms with Gasteiger partial charge in [0, 0.05) is 6.54 Å². The third-order valence-corrected chi connectivity index (χ3v) is 3.47. The van der Waals surface area contributed by atoms with E-state index in [2.05, 4.69) is 26.1 Å². The zero-order valence-corrected chi connectivity index (χ0v) is 13.1. The topological polar surface area (TPSA) is 64.4 Å². The monoisotopic (exact) mass is 278 g/mol. The molecule has 0 saturated carbocycles. The second kappa shape index (κ2) is 6.75. The van der Waals surface area contributed by atoms with Crippen LogP contribution in [0.5, 0.6) is 5.75 Å². The zero-order valence-electron chi connectivity index (χ0n) is 13.1. The van der Waals surface area contributed by atoms with Crippen LogP contribution in [0.2, 0.25) is 0 Å². The van der Waals surface area contributed by atoms with Gasteiger partial charge in [-0.1, -0.05) is 33.8 Å². The fourth-order valence-electron chi connectivity index (χ4n) is 1.97. The van der Waals surface area contributed by atoms with Gasteiger partial charge in [0.15, 0.2) is 0 Å². The third-order valence-electron chi connectivity index (χ3n) is 3.47. The summed E-state index contributed by atoms with van der Waals surface area (Å²) in [4.78, 5) is 12.2. The van der Waals surface area contributed by atoms with Crippen molar-refractivity contribution in [2.45, 2.75) is 39.5 Å². The minimum atomic E-state index is -0.169. The minimum Gasteiger partial charge on any atom is -0.495 e. The summed E-state index contributed by atoms with van der Waals surface area (Å²) in [6.07, 6.45) is 0.726. The number of benzene rings is 1. The second-order valence-corrected chi connectivity index (χ2v) is 6.00. The highest BCUT2D eigenvalue weighted by atomic mass is 16.5. The van der Waals surface area contributed by atoms with Crippen LogP contribution < -0.4 is 15.8 Å². The highest BCUT2D eigenvalue weighted by Gasteiger charge is 2.19. The second-order valence-electron chi connectivity index (χ2n) is 6.00. The number of hydrogen-bond acceptors (Lipinski definition) is 3. The Morgan fingerprint density at radius 3 is 2.50 bits per heavy atom. The van der Waals surface area contributed by atoms with Gasteiger partial charge < -0.3 is 15.8 Å². The van der Waals surface area contributed by atoms with Gasteiger partial charge in [-0.3, -0.25) is 4.79 Å². The molecular weight excluding hydrogens is 252 g/mol. The molecule has 112 valence electrons. The predicted octanol–water partition coefficient (Wildman–Crippen LogP) is 2.92. The van der Waals surface area contributed by atoms with Crippen molar-refractivity contribution in [3.63, 3.8) is 0 Å². The highest BCUT2D eigenvalue weighted by molar-refractivity contribution is 5.94. The number of carbonyl (C=O) groups excluding carboxylic acids is 1. The first-order chi connectivity index (χ1) is 9.33. The van der Waals surface area contributed by atoms with Gasteiger partial charge in [-0.25, -0.2) is 0 Å². The average molecular weight is 278 g/mol. The molecule has 1 unspecified atom stereocenters. The lowest BCUT2D eigenvalue weighted by Gasteiger charge is -2.22. The molecule has 0 aliphatic carbocycles. The van der Waals surface area contributed by atoms with Crippen LogP contribution in [0.3, 0.4) is 0 Å². The molecule has 1 atom stereocenters. The van der Waals surface area contributed by atoms with E-state index >= 15 is 0 Å². The Balaban J connectivity index is 3.06. The van der Waals surface area contributed by atoms with E-state index in [0.29, 0.717) is 18.0 Å². The maximum atomic E-state index is 12.2. The molecule has 0 fully saturated rings. The van der Waals surface area contributed by atoms with Gasteiger partial charge in [-0.15, -0.1) is 0 Å². The van der Waals surface area contributed by atoms with Crippen molar-refractivity contribution in [2.75, 3.05) is 19.0 Å². The van der Waals surface area contributed by atoms with Gasteiger partial charge in [0.05, 0.1) is 18.7 Å². The van der Waals surface area contributed by atoms with Crippen molar-refractivity contribution in [1.29, 1.82) is 0 Å². The van der Waals surface area contributed by atoms with Crippen molar-refractivity contribution >= 4 is 11.6 Å². The number of hydrogen-bond donors (Lipinski definition) is 2. The van der Waals surface area contributed by atoms with E-state index in [1.54, 1.807) is 7.11 Å². The van der Waals surface area contributed by atoms with Crippen molar-refractivity contribution in [3.8, 4) is 5.75 Å². The average Bonchev–Trinajstić information content (AvgIpc) is 2.39. The van der Waals surface area contributed by atoms with E-state index in [0.717, 1.165) is 12.0 Å². The number of nitrogens with one attached hydrogen (secondary N) is 1. The van der Waals surface area contributed by atoms with Gasteiger partial charge >= 0.3 is 0 Å². The lowest BCUT2D eigenvalue weighted by atomic mass is 9.86. The third kappa shape index (κ3) is 3.97. The van der Waals surface area contributed by atoms with Gasteiger partial charge in [0.25, 0.3) is 0 Å². The molecule has 1 aromatic carbocycles. The molecule has 1 amide bonds. The first-order valence-electron chi connectivity index (χ1n) is 7.03. The maximum absolute atomic E-state index is 12.2. The lowest BCUT2D eigenvalue weighted by molar-refractivity contribution is -0.119. The molecule has 0 saturated heterocycles. The van der Waals surface area contributed by atoms with Crippen LogP contribution in [0.25, 0.3) is 0 Å². The Labute approximate surface area is 121 Å². The highest BCUT2D eigenvalue weighted by Crippen LogP contribution is 2.31. The normalized spacial score (nSPS) is 12.9. The van der Waals surface area contributed by atoms with Gasteiger partial charge in [-0.2, -0.15) is 0 Å². The smallest absolute Gasteiger partial charge is 0.228 e. The quantitative estimate of drug-likeness (QED) is 0.870. The van der Waals surface area contributed by atoms with Crippen LogP contribution in [0.1, 0.15) is 39.7 Å². The van der Waals surface area contributed by atoms with Crippen LogP contribution in [-0.2, 0) is 10.2 Å². The summed E-state index contributed by atoms with van der Waals surface area (Å²) >= 11 is 0. The Morgan fingerprint density at radius 1 is 1.40 bits per heavy atom. The molecule has 0 aromatic heterocycles. The zero-order chi connectivity index (χ0) is 15.3. The summed E-state index contributed by atoms with van der Waals surface area (Å²) in [5.74, 6) is 0.440. The summed E-state index contributed by atoms with van der Waals surface area (Å²) in [5.41, 5.74) is 7.49. The SMILES string of the molecule is CCC(CN)C(=O)Nc1cc(C(C)(C)C)ccc1OC.